The largest absolute Gasteiger partial charge is 0.490 e. The second-order valence-electron chi connectivity index (χ2n) is 6.05. The highest BCUT2D eigenvalue weighted by molar-refractivity contribution is 5.97. The number of nitrogens with zero attached hydrogens (tertiary/aromatic N) is 1. The van der Waals surface area contributed by atoms with Crippen LogP contribution >= 0.6 is 0 Å². The first-order chi connectivity index (χ1) is 11.1. The lowest BCUT2D eigenvalue weighted by atomic mass is 9.92. The summed E-state index contributed by atoms with van der Waals surface area (Å²) in [4.78, 5) is 14.8. The van der Waals surface area contributed by atoms with Crippen molar-refractivity contribution in [2.24, 2.45) is 11.7 Å². The molecule has 1 saturated heterocycles. The van der Waals surface area contributed by atoms with Crippen LogP contribution in [0.3, 0.4) is 0 Å². The fraction of sp³-hybridized carbons (Fsp3) is 0.611. The smallest absolute Gasteiger partial charge is 0.257 e. The predicted molar refractivity (Wildman–Crippen MR) is 90.7 cm³/mol. The van der Waals surface area contributed by atoms with Gasteiger partial charge in [-0.2, -0.15) is 0 Å². The Bertz CT molecular complexity index is 505. The lowest BCUT2D eigenvalue weighted by molar-refractivity contribution is 0.0652. The third-order valence-electron chi connectivity index (χ3n) is 4.30. The number of piperidine rings is 1. The summed E-state index contributed by atoms with van der Waals surface area (Å²) < 4.78 is 11.0. The van der Waals surface area contributed by atoms with Crippen molar-refractivity contribution >= 4 is 5.91 Å². The Morgan fingerprint density at radius 1 is 1.39 bits per heavy atom. The molecule has 1 aromatic rings. The van der Waals surface area contributed by atoms with Crippen LogP contribution in [0.5, 0.6) is 5.75 Å². The molecule has 0 spiro atoms. The van der Waals surface area contributed by atoms with Crippen molar-refractivity contribution in [1.29, 1.82) is 0 Å². The van der Waals surface area contributed by atoms with E-state index in [4.69, 9.17) is 15.2 Å². The van der Waals surface area contributed by atoms with Crippen molar-refractivity contribution in [3.63, 3.8) is 0 Å². The van der Waals surface area contributed by atoms with Gasteiger partial charge in [-0.1, -0.05) is 12.1 Å². The monoisotopic (exact) mass is 320 g/mol. The molecule has 2 unspecified atom stereocenters. The van der Waals surface area contributed by atoms with E-state index >= 15 is 0 Å². The molecule has 5 nitrogen and oxygen atoms in total. The fourth-order valence-electron chi connectivity index (χ4n) is 2.92. The summed E-state index contributed by atoms with van der Waals surface area (Å²) in [6.45, 7) is 7.11. The minimum atomic E-state index is 0.0300. The molecule has 5 heteroatoms. The van der Waals surface area contributed by atoms with E-state index in [9.17, 15) is 4.79 Å². The zero-order valence-electron chi connectivity index (χ0n) is 14.2. The molecular formula is C18H28N2O3. The van der Waals surface area contributed by atoms with Gasteiger partial charge >= 0.3 is 0 Å². The molecule has 2 rings (SSSR count). The van der Waals surface area contributed by atoms with Gasteiger partial charge in [0, 0.05) is 25.7 Å². The third kappa shape index (κ3) is 4.94. The maximum Gasteiger partial charge on any atom is 0.257 e. The highest BCUT2D eigenvalue weighted by Gasteiger charge is 2.27. The van der Waals surface area contributed by atoms with E-state index in [0.29, 0.717) is 37.1 Å². The number of hydrogen-bond donors (Lipinski definition) is 1. The van der Waals surface area contributed by atoms with Crippen molar-refractivity contribution in [2.75, 3.05) is 32.9 Å². The minimum absolute atomic E-state index is 0.0300. The number of ether oxygens (including phenoxy) is 2. The summed E-state index contributed by atoms with van der Waals surface area (Å²) in [6.07, 6.45) is 2.10. The average Bonchev–Trinajstić information content (AvgIpc) is 2.58. The Kier molecular flexibility index (Phi) is 6.86. The lowest BCUT2D eigenvalue weighted by Gasteiger charge is -2.35. The quantitative estimate of drug-likeness (QED) is 0.783. The van der Waals surface area contributed by atoms with Crippen LogP contribution in [0.4, 0.5) is 0 Å². The predicted octanol–water partition coefficient (Wildman–Crippen LogP) is 2.30. The molecule has 1 aliphatic rings. The Morgan fingerprint density at radius 3 is 2.91 bits per heavy atom. The Hall–Kier alpha value is -1.59. The van der Waals surface area contributed by atoms with Crippen LogP contribution in [-0.2, 0) is 4.74 Å². The van der Waals surface area contributed by atoms with E-state index in [1.165, 1.54) is 0 Å². The molecule has 1 fully saturated rings. The van der Waals surface area contributed by atoms with Crippen LogP contribution in [-0.4, -0.2) is 49.8 Å². The van der Waals surface area contributed by atoms with Crippen LogP contribution in [0.25, 0.3) is 0 Å². The molecular weight excluding hydrogens is 292 g/mol. The topological polar surface area (TPSA) is 64.8 Å². The van der Waals surface area contributed by atoms with Crippen molar-refractivity contribution in [2.45, 2.75) is 32.7 Å². The molecule has 1 aliphatic heterocycles. The van der Waals surface area contributed by atoms with Crippen LogP contribution in [0, 0.1) is 5.92 Å². The molecule has 1 aromatic carbocycles. The van der Waals surface area contributed by atoms with Crippen molar-refractivity contribution in [3.8, 4) is 5.75 Å². The van der Waals surface area contributed by atoms with Gasteiger partial charge in [0.25, 0.3) is 5.91 Å². The summed E-state index contributed by atoms with van der Waals surface area (Å²) in [5, 5.41) is 0. The first kappa shape index (κ1) is 17.8. The summed E-state index contributed by atoms with van der Waals surface area (Å²) in [5.74, 6) is 1.03. The number of para-hydroxylation sites is 1. The fourth-order valence-corrected chi connectivity index (χ4v) is 2.92. The highest BCUT2D eigenvalue weighted by Crippen LogP contribution is 2.24. The Labute approximate surface area is 138 Å². The number of benzene rings is 1. The van der Waals surface area contributed by atoms with Crippen molar-refractivity contribution in [3.05, 3.63) is 29.8 Å². The SMILES string of the molecule is CCOCCOc1ccccc1C(=O)N1CCCC(C(C)N)C1. The van der Waals surface area contributed by atoms with Crippen molar-refractivity contribution < 1.29 is 14.3 Å². The average molecular weight is 320 g/mol. The molecule has 2 atom stereocenters. The van der Waals surface area contributed by atoms with Gasteiger partial charge in [0.15, 0.2) is 0 Å². The van der Waals surface area contributed by atoms with E-state index < -0.39 is 0 Å². The summed E-state index contributed by atoms with van der Waals surface area (Å²) in [6, 6.07) is 7.53. The molecule has 2 N–H and O–H groups in total. The number of nitrogens with two attached hydrogens (primary N) is 1. The molecule has 1 heterocycles. The number of carbonyl (C=O) groups excluding carboxylic acids is 1. The highest BCUT2D eigenvalue weighted by atomic mass is 16.5. The third-order valence-corrected chi connectivity index (χ3v) is 4.30. The van der Waals surface area contributed by atoms with Crippen LogP contribution < -0.4 is 10.5 Å². The van der Waals surface area contributed by atoms with Crippen LogP contribution in [0.1, 0.15) is 37.0 Å². The second kappa shape index (κ2) is 8.89. The maximum atomic E-state index is 12.9. The lowest BCUT2D eigenvalue weighted by Crippen LogP contribution is -2.45. The molecule has 1 amide bonds. The number of hydrogen-bond acceptors (Lipinski definition) is 4. The molecule has 0 radical (unpaired) electrons. The van der Waals surface area contributed by atoms with E-state index in [1.54, 1.807) is 0 Å². The summed E-state index contributed by atoms with van der Waals surface area (Å²) in [5.41, 5.74) is 6.64. The zero-order chi connectivity index (χ0) is 16.7. The van der Waals surface area contributed by atoms with Gasteiger partial charge in [-0.3, -0.25) is 4.79 Å². The number of likely N-dealkylation sites (tertiary alicyclic amines) is 1. The van der Waals surface area contributed by atoms with Gasteiger partial charge in [0.1, 0.15) is 12.4 Å². The van der Waals surface area contributed by atoms with Gasteiger partial charge in [0.2, 0.25) is 0 Å². The number of carbonyl (C=O) groups is 1. The molecule has 23 heavy (non-hydrogen) atoms. The van der Waals surface area contributed by atoms with Gasteiger partial charge < -0.3 is 20.1 Å². The van der Waals surface area contributed by atoms with Gasteiger partial charge in [-0.25, -0.2) is 0 Å². The standard InChI is InChI=1S/C18H28N2O3/c1-3-22-11-12-23-17-9-5-4-8-16(17)18(21)20-10-6-7-15(13-20)14(2)19/h4-5,8-9,14-15H,3,6-7,10-13,19H2,1-2H3. The minimum Gasteiger partial charge on any atom is -0.490 e. The zero-order valence-corrected chi connectivity index (χ0v) is 14.2. The maximum absolute atomic E-state index is 12.9. The number of amides is 1. The normalized spacial score (nSPS) is 19.4. The molecule has 0 saturated carbocycles. The molecule has 0 aliphatic carbocycles. The van der Waals surface area contributed by atoms with Gasteiger partial charge in [-0.05, 0) is 44.7 Å². The molecule has 128 valence electrons. The van der Waals surface area contributed by atoms with E-state index in [-0.39, 0.29) is 11.9 Å². The van der Waals surface area contributed by atoms with Crippen molar-refractivity contribution in [1.82, 2.24) is 4.90 Å². The molecule has 0 aromatic heterocycles. The summed E-state index contributed by atoms with van der Waals surface area (Å²) >= 11 is 0. The first-order valence-electron chi connectivity index (χ1n) is 8.48. The number of rotatable bonds is 7. The van der Waals surface area contributed by atoms with Crippen LogP contribution in [0.2, 0.25) is 0 Å². The van der Waals surface area contributed by atoms with E-state index in [1.807, 2.05) is 43.0 Å². The Morgan fingerprint density at radius 2 is 2.17 bits per heavy atom. The Balaban J connectivity index is 2.03. The van der Waals surface area contributed by atoms with Crippen LogP contribution in [0.15, 0.2) is 24.3 Å². The van der Waals surface area contributed by atoms with E-state index in [0.717, 1.165) is 25.9 Å². The van der Waals surface area contributed by atoms with Gasteiger partial charge in [-0.15, -0.1) is 0 Å². The summed E-state index contributed by atoms with van der Waals surface area (Å²) in [7, 11) is 0. The molecule has 0 bridgehead atoms. The first-order valence-corrected chi connectivity index (χ1v) is 8.48. The second-order valence-corrected chi connectivity index (χ2v) is 6.05. The van der Waals surface area contributed by atoms with E-state index in [2.05, 4.69) is 0 Å². The van der Waals surface area contributed by atoms with Gasteiger partial charge in [0.05, 0.1) is 12.2 Å².